The number of rotatable bonds is 2. The minimum atomic E-state index is -0.162. The van der Waals surface area contributed by atoms with Gasteiger partial charge in [-0.2, -0.15) is 9.61 Å². The number of fused-ring (bicyclic) bond motifs is 2. The molecule has 0 saturated carbocycles. The summed E-state index contributed by atoms with van der Waals surface area (Å²) in [6.07, 6.45) is 2.67. The summed E-state index contributed by atoms with van der Waals surface area (Å²) in [7, 11) is 0. The van der Waals surface area contributed by atoms with Gasteiger partial charge in [-0.3, -0.25) is 9.69 Å². The molecule has 1 atom stereocenters. The van der Waals surface area contributed by atoms with Gasteiger partial charge in [-0.25, -0.2) is 9.78 Å². The van der Waals surface area contributed by atoms with Gasteiger partial charge in [-0.1, -0.05) is 43.4 Å². The highest BCUT2D eigenvalue weighted by molar-refractivity contribution is 7.16. The van der Waals surface area contributed by atoms with Crippen LogP contribution in [0, 0.1) is 0 Å². The van der Waals surface area contributed by atoms with Gasteiger partial charge in [-0.15, -0.1) is 0 Å². The zero-order valence-corrected chi connectivity index (χ0v) is 17.4. The van der Waals surface area contributed by atoms with Crippen molar-refractivity contribution in [1.29, 1.82) is 0 Å². The lowest BCUT2D eigenvalue weighted by Gasteiger charge is -2.28. The number of para-hydroxylation sites is 1. The molecule has 0 unspecified atom stereocenters. The Morgan fingerprint density at radius 3 is 2.90 bits per heavy atom. The highest BCUT2D eigenvalue weighted by Gasteiger charge is 2.37. The van der Waals surface area contributed by atoms with E-state index in [2.05, 4.69) is 16.1 Å². The van der Waals surface area contributed by atoms with Crippen LogP contribution >= 0.6 is 11.3 Å². The van der Waals surface area contributed by atoms with E-state index in [0.717, 1.165) is 35.7 Å². The maximum Gasteiger partial charge on any atom is 0.325 e. The van der Waals surface area contributed by atoms with Crippen LogP contribution in [0.1, 0.15) is 54.9 Å². The molecule has 2 aliphatic heterocycles. The fraction of sp³-hybridized carbons (Fsp3) is 0.429. The lowest BCUT2D eigenvalue weighted by atomic mass is 10.1. The second-order valence-corrected chi connectivity index (χ2v) is 8.96. The van der Waals surface area contributed by atoms with Crippen LogP contribution in [-0.2, 0) is 6.42 Å². The van der Waals surface area contributed by atoms with Gasteiger partial charge in [0.25, 0.3) is 5.56 Å². The van der Waals surface area contributed by atoms with Crippen molar-refractivity contribution in [3.8, 4) is 0 Å². The Morgan fingerprint density at radius 2 is 2.07 bits per heavy atom. The Hall–Kier alpha value is -2.74. The van der Waals surface area contributed by atoms with Gasteiger partial charge in [0.1, 0.15) is 5.01 Å². The molecule has 1 saturated heterocycles. The summed E-state index contributed by atoms with van der Waals surface area (Å²) in [6.45, 7) is 5.45. The summed E-state index contributed by atoms with van der Waals surface area (Å²) >= 11 is 1.42. The highest BCUT2D eigenvalue weighted by Crippen LogP contribution is 2.37. The molecule has 0 aliphatic carbocycles. The molecule has 0 bridgehead atoms. The Bertz CT molecular complexity index is 1150. The number of aromatic nitrogens is 3. The van der Waals surface area contributed by atoms with Crippen LogP contribution < -0.4 is 10.5 Å². The van der Waals surface area contributed by atoms with E-state index >= 15 is 0 Å². The molecule has 0 spiro atoms. The first-order valence-electron chi connectivity index (χ1n) is 10.1. The molecular weight excluding hydrogens is 386 g/mol. The SMILES string of the molecule is CC(C)c1cc(=O)n2nc([C@H]3CCCN3C(=O)N3CCc4ccccc43)sc2n1. The number of amides is 2. The van der Waals surface area contributed by atoms with Crippen LogP contribution in [0.15, 0.2) is 35.1 Å². The lowest BCUT2D eigenvalue weighted by molar-refractivity contribution is 0.200. The maximum absolute atomic E-state index is 13.4. The standard InChI is InChI=1S/C21H23N5O2S/c1-13(2)15-12-18(27)26-20(22-15)29-19(23-26)17-8-5-10-24(17)21(28)25-11-9-14-6-3-4-7-16(14)25/h3-4,6-7,12-13,17H,5,8-11H2,1-2H3/t17-/m1/s1. The first kappa shape index (κ1) is 18.3. The largest absolute Gasteiger partial charge is 0.325 e. The number of hydrogen-bond donors (Lipinski definition) is 0. The zero-order valence-electron chi connectivity index (χ0n) is 16.5. The molecule has 7 nitrogen and oxygen atoms in total. The van der Waals surface area contributed by atoms with Gasteiger partial charge >= 0.3 is 6.03 Å². The van der Waals surface area contributed by atoms with Crippen molar-refractivity contribution in [2.24, 2.45) is 0 Å². The number of carbonyl (C=O) groups is 1. The smallest absolute Gasteiger partial charge is 0.315 e. The third-order valence-corrected chi connectivity index (χ3v) is 6.78. The number of carbonyl (C=O) groups excluding carboxylic acids is 1. The number of hydrogen-bond acceptors (Lipinski definition) is 5. The van der Waals surface area contributed by atoms with Gasteiger partial charge in [0.05, 0.1) is 11.7 Å². The van der Waals surface area contributed by atoms with Crippen molar-refractivity contribution >= 4 is 28.0 Å². The van der Waals surface area contributed by atoms with Gasteiger partial charge < -0.3 is 4.90 Å². The minimum Gasteiger partial charge on any atom is -0.315 e. The van der Waals surface area contributed by atoms with E-state index in [-0.39, 0.29) is 23.6 Å². The molecule has 2 amide bonds. The number of urea groups is 1. The molecule has 1 aromatic carbocycles. The fourth-order valence-electron chi connectivity index (χ4n) is 4.22. The van der Waals surface area contributed by atoms with Crippen LogP contribution in [-0.4, -0.2) is 38.6 Å². The Morgan fingerprint density at radius 1 is 1.24 bits per heavy atom. The van der Waals surface area contributed by atoms with Crippen molar-refractivity contribution in [1.82, 2.24) is 19.5 Å². The molecule has 8 heteroatoms. The Balaban J connectivity index is 1.48. The second kappa shape index (κ2) is 6.95. The average molecular weight is 410 g/mol. The highest BCUT2D eigenvalue weighted by atomic mass is 32.1. The monoisotopic (exact) mass is 409 g/mol. The predicted octanol–water partition coefficient (Wildman–Crippen LogP) is 3.59. The van der Waals surface area contributed by atoms with Crippen molar-refractivity contribution < 1.29 is 4.79 Å². The average Bonchev–Trinajstić information content (AvgIpc) is 3.44. The van der Waals surface area contributed by atoms with E-state index in [0.29, 0.717) is 18.1 Å². The molecule has 5 rings (SSSR count). The fourth-order valence-corrected chi connectivity index (χ4v) is 5.28. The van der Waals surface area contributed by atoms with Crippen LogP contribution in [0.25, 0.3) is 4.96 Å². The number of benzene rings is 1. The second-order valence-electron chi connectivity index (χ2n) is 7.97. The summed E-state index contributed by atoms with van der Waals surface area (Å²) in [5, 5.41) is 5.33. The topological polar surface area (TPSA) is 70.8 Å². The third-order valence-electron chi connectivity index (χ3n) is 5.77. The van der Waals surface area contributed by atoms with Gasteiger partial charge in [0.15, 0.2) is 0 Å². The van der Waals surface area contributed by atoms with Crippen LogP contribution in [0.4, 0.5) is 10.5 Å². The first-order valence-corrected chi connectivity index (χ1v) is 10.9. The molecule has 150 valence electrons. The van der Waals surface area contributed by atoms with E-state index in [9.17, 15) is 9.59 Å². The van der Waals surface area contributed by atoms with Crippen LogP contribution in [0.3, 0.4) is 0 Å². The summed E-state index contributed by atoms with van der Waals surface area (Å²) in [5.74, 6) is 0.179. The molecule has 0 radical (unpaired) electrons. The molecule has 0 N–H and O–H groups in total. The zero-order chi connectivity index (χ0) is 20.1. The first-order chi connectivity index (χ1) is 14.0. The van der Waals surface area contributed by atoms with E-state index in [1.807, 2.05) is 41.8 Å². The quantitative estimate of drug-likeness (QED) is 0.648. The molecule has 1 fully saturated rings. The molecule has 4 heterocycles. The van der Waals surface area contributed by atoms with Crippen LogP contribution in [0.5, 0.6) is 0 Å². The normalized spacial score (nSPS) is 18.8. The summed E-state index contributed by atoms with van der Waals surface area (Å²) in [6, 6.07) is 9.57. The maximum atomic E-state index is 13.4. The summed E-state index contributed by atoms with van der Waals surface area (Å²) < 4.78 is 1.37. The Kier molecular flexibility index (Phi) is 4.38. The molecule has 2 aromatic heterocycles. The van der Waals surface area contributed by atoms with Crippen molar-refractivity contribution in [2.75, 3.05) is 18.0 Å². The minimum absolute atomic E-state index is 0.0277. The molecule has 29 heavy (non-hydrogen) atoms. The van der Waals surface area contributed by atoms with E-state index in [4.69, 9.17) is 0 Å². The van der Waals surface area contributed by atoms with Gasteiger partial charge in [0, 0.05) is 24.8 Å². The third kappa shape index (κ3) is 3.02. The van der Waals surface area contributed by atoms with Crippen molar-refractivity contribution in [3.05, 3.63) is 57.0 Å². The van der Waals surface area contributed by atoms with Crippen LogP contribution in [0.2, 0.25) is 0 Å². The number of likely N-dealkylation sites (tertiary alicyclic amines) is 1. The van der Waals surface area contributed by atoms with E-state index in [1.165, 1.54) is 21.4 Å². The molecule has 3 aromatic rings. The van der Waals surface area contributed by atoms with E-state index < -0.39 is 0 Å². The van der Waals surface area contributed by atoms with Crippen molar-refractivity contribution in [3.63, 3.8) is 0 Å². The van der Waals surface area contributed by atoms with E-state index in [1.54, 1.807) is 6.07 Å². The molecular formula is C21H23N5O2S. The summed E-state index contributed by atoms with van der Waals surface area (Å²) in [5.41, 5.74) is 2.84. The van der Waals surface area contributed by atoms with Gasteiger partial charge in [-0.05, 0) is 36.8 Å². The number of nitrogens with zero attached hydrogens (tertiary/aromatic N) is 5. The van der Waals surface area contributed by atoms with Crippen molar-refractivity contribution in [2.45, 2.75) is 45.1 Å². The predicted molar refractivity (Wildman–Crippen MR) is 113 cm³/mol. The van der Waals surface area contributed by atoms with Gasteiger partial charge in [0.2, 0.25) is 4.96 Å². The number of anilines is 1. The lowest BCUT2D eigenvalue weighted by Crippen LogP contribution is -2.42. The Labute approximate surface area is 172 Å². The summed E-state index contributed by atoms with van der Waals surface area (Å²) in [4.78, 5) is 34.8. The molecule has 2 aliphatic rings.